The Hall–Kier alpha value is 0.540. The van der Waals surface area contributed by atoms with E-state index in [1.807, 2.05) is 6.92 Å². The van der Waals surface area contributed by atoms with Crippen molar-refractivity contribution in [2.45, 2.75) is 55.9 Å². The van der Waals surface area contributed by atoms with Crippen molar-refractivity contribution in [3.8, 4) is 0 Å². The molecule has 0 aliphatic heterocycles. The standard InChI is InChI=1S/C12H20Cl2O/c1-12(15)7-6-9(10(12)11(13)14)8-4-2-3-5-8/h8-11,15H,2-7H2,1H3/t9-,10-,12+/m0/s1. The SMILES string of the molecule is C[C@@]1(O)CC[C@@H](C2CCCC2)[C@H]1C(Cl)Cl. The number of hydrogen-bond donors (Lipinski definition) is 1. The van der Waals surface area contributed by atoms with Crippen LogP contribution < -0.4 is 0 Å². The largest absolute Gasteiger partial charge is 0.390 e. The lowest BCUT2D eigenvalue weighted by Gasteiger charge is -2.33. The van der Waals surface area contributed by atoms with Crippen molar-refractivity contribution < 1.29 is 5.11 Å². The Balaban J connectivity index is 2.11. The van der Waals surface area contributed by atoms with Gasteiger partial charge in [0.15, 0.2) is 0 Å². The van der Waals surface area contributed by atoms with E-state index in [1.54, 1.807) is 0 Å². The molecule has 2 aliphatic rings. The van der Waals surface area contributed by atoms with Crippen molar-refractivity contribution in [1.82, 2.24) is 0 Å². The van der Waals surface area contributed by atoms with Gasteiger partial charge in [0.2, 0.25) is 0 Å². The van der Waals surface area contributed by atoms with Crippen LogP contribution in [0.25, 0.3) is 0 Å². The molecule has 3 heteroatoms. The van der Waals surface area contributed by atoms with Crippen molar-refractivity contribution in [3.05, 3.63) is 0 Å². The van der Waals surface area contributed by atoms with E-state index in [-0.39, 0.29) is 5.92 Å². The Labute approximate surface area is 102 Å². The number of aliphatic hydroxyl groups is 1. The molecule has 0 spiro atoms. The van der Waals surface area contributed by atoms with Gasteiger partial charge in [0.05, 0.1) is 5.60 Å². The minimum atomic E-state index is -0.651. The first kappa shape index (κ1) is 12.0. The van der Waals surface area contributed by atoms with E-state index in [2.05, 4.69) is 0 Å². The highest BCUT2D eigenvalue weighted by Gasteiger charge is 2.49. The van der Waals surface area contributed by atoms with Crippen LogP contribution >= 0.6 is 23.2 Å². The average Bonchev–Trinajstić information content (AvgIpc) is 2.69. The van der Waals surface area contributed by atoms with Crippen LogP contribution in [0, 0.1) is 17.8 Å². The summed E-state index contributed by atoms with van der Waals surface area (Å²) in [5.41, 5.74) is -0.651. The fourth-order valence-corrected chi connectivity index (χ4v) is 4.56. The van der Waals surface area contributed by atoms with E-state index >= 15 is 0 Å². The minimum Gasteiger partial charge on any atom is -0.390 e. The Morgan fingerprint density at radius 2 is 1.80 bits per heavy atom. The maximum atomic E-state index is 10.3. The second-order valence-corrected chi connectivity index (χ2v) is 6.63. The predicted molar refractivity (Wildman–Crippen MR) is 64.3 cm³/mol. The molecule has 2 rings (SSSR count). The van der Waals surface area contributed by atoms with E-state index in [9.17, 15) is 5.11 Å². The smallest absolute Gasteiger partial charge is 0.113 e. The zero-order valence-electron chi connectivity index (χ0n) is 9.26. The van der Waals surface area contributed by atoms with Gasteiger partial charge < -0.3 is 5.11 Å². The molecule has 1 N–H and O–H groups in total. The van der Waals surface area contributed by atoms with Crippen LogP contribution in [0.5, 0.6) is 0 Å². The summed E-state index contributed by atoms with van der Waals surface area (Å²) in [7, 11) is 0. The maximum Gasteiger partial charge on any atom is 0.113 e. The summed E-state index contributed by atoms with van der Waals surface area (Å²) in [5.74, 6) is 1.37. The van der Waals surface area contributed by atoms with E-state index in [0.29, 0.717) is 5.92 Å². The van der Waals surface area contributed by atoms with Gasteiger partial charge in [-0.1, -0.05) is 25.7 Å². The molecular weight excluding hydrogens is 231 g/mol. The van der Waals surface area contributed by atoms with Crippen LogP contribution in [0.1, 0.15) is 45.4 Å². The van der Waals surface area contributed by atoms with Gasteiger partial charge in [0, 0.05) is 5.92 Å². The van der Waals surface area contributed by atoms with Crippen molar-refractivity contribution in [2.75, 3.05) is 0 Å². The molecule has 2 saturated carbocycles. The Bertz CT molecular complexity index is 222. The molecule has 0 aromatic heterocycles. The second kappa shape index (κ2) is 4.43. The summed E-state index contributed by atoms with van der Waals surface area (Å²) in [5, 5.41) is 10.3. The molecule has 0 amide bonds. The second-order valence-electron chi connectivity index (χ2n) is 5.46. The Kier molecular flexibility index (Phi) is 3.54. The normalized spacial score (nSPS) is 43.0. The molecule has 2 aliphatic carbocycles. The van der Waals surface area contributed by atoms with Crippen LogP contribution in [-0.2, 0) is 0 Å². The third-order valence-electron chi connectivity index (χ3n) is 4.44. The highest BCUT2D eigenvalue weighted by Crippen LogP contribution is 2.51. The molecule has 0 bridgehead atoms. The number of alkyl halides is 2. The van der Waals surface area contributed by atoms with Gasteiger partial charge in [-0.25, -0.2) is 0 Å². The van der Waals surface area contributed by atoms with Crippen molar-refractivity contribution in [1.29, 1.82) is 0 Å². The molecule has 0 heterocycles. The monoisotopic (exact) mass is 250 g/mol. The topological polar surface area (TPSA) is 20.2 Å². The van der Waals surface area contributed by atoms with E-state index in [0.717, 1.165) is 18.8 Å². The zero-order valence-corrected chi connectivity index (χ0v) is 10.8. The van der Waals surface area contributed by atoms with Gasteiger partial charge in [0.1, 0.15) is 4.84 Å². The minimum absolute atomic E-state index is 0.0731. The van der Waals surface area contributed by atoms with E-state index in [4.69, 9.17) is 23.2 Å². The third kappa shape index (κ3) is 2.30. The fourth-order valence-electron chi connectivity index (χ4n) is 3.64. The lowest BCUT2D eigenvalue weighted by molar-refractivity contribution is 0.00945. The molecular formula is C12H20Cl2O. The van der Waals surface area contributed by atoms with Crippen molar-refractivity contribution in [2.24, 2.45) is 17.8 Å². The summed E-state index contributed by atoms with van der Waals surface area (Å²) in [6.07, 6.45) is 7.24. The first-order valence-electron chi connectivity index (χ1n) is 6.03. The van der Waals surface area contributed by atoms with E-state index in [1.165, 1.54) is 25.7 Å². The molecule has 0 unspecified atom stereocenters. The molecule has 1 nitrogen and oxygen atoms in total. The molecule has 3 atom stereocenters. The lowest BCUT2D eigenvalue weighted by atomic mass is 9.80. The van der Waals surface area contributed by atoms with Crippen LogP contribution in [-0.4, -0.2) is 15.5 Å². The summed E-state index contributed by atoms with van der Waals surface area (Å²) in [6.45, 7) is 1.89. The number of halogens is 2. The summed E-state index contributed by atoms with van der Waals surface area (Å²) in [4.78, 5) is -0.423. The van der Waals surface area contributed by atoms with E-state index < -0.39 is 10.4 Å². The lowest BCUT2D eigenvalue weighted by Crippen LogP contribution is -2.37. The highest BCUT2D eigenvalue weighted by atomic mass is 35.5. The van der Waals surface area contributed by atoms with Gasteiger partial charge in [-0.3, -0.25) is 0 Å². The Morgan fingerprint density at radius 1 is 1.20 bits per heavy atom. The molecule has 0 radical (unpaired) electrons. The van der Waals surface area contributed by atoms with Gasteiger partial charge in [-0.05, 0) is 31.6 Å². The maximum absolute atomic E-state index is 10.3. The van der Waals surface area contributed by atoms with Crippen LogP contribution in [0.15, 0.2) is 0 Å². The first-order valence-corrected chi connectivity index (χ1v) is 6.90. The summed E-state index contributed by atoms with van der Waals surface area (Å²) < 4.78 is 0. The fraction of sp³-hybridized carbons (Fsp3) is 1.00. The summed E-state index contributed by atoms with van der Waals surface area (Å²) >= 11 is 12.1. The number of hydrogen-bond acceptors (Lipinski definition) is 1. The van der Waals surface area contributed by atoms with Crippen LogP contribution in [0.4, 0.5) is 0 Å². The molecule has 15 heavy (non-hydrogen) atoms. The average molecular weight is 251 g/mol. The molecule has 0 saturated heterocycles. The molecule has 2 fully saturated rings. The predicted octanol–water partition coefficient (Wildman–Crippen LogP) is 3.76. The van der Waals surface area contributed by atoms with Crippen molar-refractivity contribution >= 4 is 23.2 Å². The van der Waals surface area contributed by atoms with Crippen LogP contribution in [0.3, 0.4) is 0 Å². The van der Waals surface area contributed by atoms with Crippen molar-refractivity contribution in [3.63, 3.8) is 0 Å². The van der Waals surface area contributed by atoms with Gasteiger partial charge in [0.25, 0.3) is 0 Å². The molecule has 0 aromatic carbocycles. The third-order valence-corrected chi connectivity index (χ3v) is 4.98. The first-order chi connectivity index (χ1) is 7.02. The van der Waals surface area contributed by atoms with Gasteiger partial charge in [-0.15, -0.1) is 23.2 Å². The summed E-state index contributed by atoms with van der Waals surface area (Å²) in [6, 6.07) is 0. The quantitative estimate of drug-likeness (QED) is 0.741. The van der Waals surface area contributed by atoms with Crippen LogP contribution in [0.2, 0.25) is 0 Å². The number of rotatable bonds is 2. The van der Waals surface area contributed by atoms with Gasteiger partial charge >= 0.3 is 0 Å². The molecule has 88 valence electrons. The Morgan fingerprint density at radius 3 is 2.33 bits per heavy atom. The zero-order chi connectivity index (χ0) is 11.1. The van der Waals surface area contributed by atoms with Gasteiger partial charge in [-0.2, -0.15) is 0 Å². The highest BCUT2D eigenvalue weighted by molar-refractivity contribution is 6.44. The molecule has 0 aromatic rings.